The lowest BCUT2D eigenvalue weighted by atomic mass is 10.1. The van der Waals surface area contributed by atoms with E-state index in [2.05, 4.69) is 10.5 Å². The van der Waals surface area contributed by atoms with E-state index in [1.54, 1.807) is 0 Å². The number of rotatable bonds is 5. The van der Waals surface area contributed by atoms with Gasteiger partial charge < -0.3 is 4.74 Å². The van der Waals surface area contributed by atoms with E-state index in [1.165, 1.54) is 12.1 Å². The number of alkyl halides is 3. The summed E-state index contributed by atoms with van der Waals surface area (Å²) in [6.45, 7) is 3.52. The van der Waals surface area contributed by atoms with E-state index in [0.717, 1.165) is 29.5 Å². The van der Waals surface area contributed by atoms with Crippen LogP contribution in [-0.2, 0) is 11.0 Å². The second-order valence-corrected chi connectivity index (χ2v) is 5.47. The quantitative estimate of drug-likeness (QED) is 0.658. The smallest absolute Gasteiger partial charge is 0.416 e. The molecule has 0 spiro atoms. The van der Waals surface area contributed by atoms with E-state index in [-0.39, 0.29) is 12.2 Å². The van der Waals surface area contributed by atoms with Crippen molar-refractivity contribution in [3.63, 3.8) is 0 Å². The SMILES string of the molecule is Cc1ccc(C)c(OCC(=O)N/N=C\c2cccc(C(F)(F)F)c2)c1. The molecule has 0 saturated carbocycles. The number of hydrogen-bond donors (Lipinski definition) is 1. The van der Waals surface area contributed by atoms with Crippen molar-refractivity contribution in [3.05, 3.63) is 64.7 Å². The summed E-state index contributed by atoms with van der Waals surface area (Å²) in [5.41, 5.74) is 3.57. The summed E-state index contributed by atoms with van der Waals surface area (Å²) in [5, 5.41) is 3.65. The number of benzene rings is 2. The number of carbonyl (C=O) groups is 1. The van der Waals surface area contributed by atoms with Gasteiger partial charge in [-0.25, -0.2) is 5.43 Å². The monoisotopic (exact) mass is 350 g/mol. The highest BCUT2D eigenvalue weighted by Gasteiger charge is 2.30. The average molecular weight is 350 g/mol. The van der Waals surface area contributed by atoms with Crippen LogP contribution in [0.2, 0.25) is 0 Å². The first-order valence-electron chi connectivity index (χ1n) is 7.45. The lowest BCUT2D eigenvalue weighted by Gasteiger charge is -2.09. The van der Waals surface area contributed by atoms with E-state index in [4.69, 9.17) is 4.74 Å². The Morgan fingerprint density at radius 2 is 1.96 bits per heavy atom. The first-order valence-corrected chi connectivity index (χ1v) is 7.45. The van der Waals surface area contributed by atoms with Crippen molar-refractivity contribution < 1.29 is 22.7 Å². The molecule has 0 atom stereocenters. The van der Waals surface area contributed by atoms with E-state index in [1.807, 2.05) is 32.0 Å². The zero-order valence-electron chi connectivity index (χ0n) is 13.7. The number of nitrogens with one attached hydrogen (secondary N) is 1. The minimum absolute atomic E-state index is 0.227. The summed E-state index contributed by atoms with van der Waals surface area (Å²) in [6, 6.07) is 10.3. The Hall–Kier alpha value is -2.83. The third-order valence-corrected chi connectivity index (χ3v) is 3.32. The van der Waals surface area contributed by atoms with E-state index in [9.17, 15) is 18.0 Å². The number of aryl methyl sites for hydroxylation is 2. The maximum absolute atomic E-state index is 12.6. The molecule has 4 nitrogen and oxygen atoms in total. The normalized spacial score (nSPS) is 11.6. The van der Waals surface area contributed by atoms with Gasteiger partial charge >= 0.3 is 6.18 Å². The largest absolute Gasteiger partial charge is 0.483 e. The molecule has 0 aromatic heterocycles. The Morgan fingerprint density at radius 1 is 1.20 bits per heavy atom. The highest BCUT2D eigenvalue weighted by atomic mass is 19.4. The topological polar surface area (TPSA) is 50.7 Å². The molecule has 0 saturated heterocycles. The van der Waals surface area contributed by atoms with Crippen LogP contribution in [0, 0.1) is 13.8 Å². The summed E-state index contributed by atoms with van der Waals surface area (Å²) >= 11 is 0. The maximum Gasteiger partial charge on any atom is 0.416 e. The minimum atomic E-state index is -4.42. The predicted molar refractivity (Wildman–Crippen MR) is 88.6 cm³/mol. The molecule has 0 aliphatic rings. The Labute approximate surface area is 143 Å². The summed E-state index contributed by atoms with van der Waals surface area (Å²) < 4.78 is 43.2. The van der Waals surface area contributed by atoms with E-state index in [0.29, 0.717) is 5.75 Å². The van der Waals surface area contributed by atoms with Crippen LogP contribution in [-0.4, -0.2) is 18.7 Å². The molecule has 25 heavy (non-hydrogen) atoms. The maximum atomic E-state index is 12.6. The van der Waals surface area contributed by atoms with E-state index >= 15 is 0 Å². The number of ether oxygens (including phenoxy) is 1. The lowest BCUT2D eigenvalue weighted by molar-refractivity contribution is -0.137. The van der Waals surface area contributed by atoms with Gasteiger partial charge in [-0.05, 0) is 48.7 Å². The third kappa shape index (κ3) is 5.63. The van der Waals surface area contributed by atoms with Crippen LogP contribution in [0.1, 0.15) is 22.3 Å². The fourth-order valence-corrected chi connectivity index (χ4v) is 2.01. The van der Waals surface area contributed by atoms with Gasteiger partial charge in [-0.1, -0.05) is 24.3 Å². The second kappa shape index (κ2) is 7.83. The van der Waals surface area contributed by atoms with Crippen LogP contribution in [0.5, 0.6) is 5.75 Å². The Kier molecular flexibility index (Phi) is 5.80. The Bertz CT molecular complexity index is 786. The molecule has 7 heteroatoms. The molecule has 0 bridgehead atoms. The van der Waals surface area contributed by atoms with Crippen molar-refractivity contribution in [1.82, 2.24) is 5.43 Å². The van der Waals surface area contributed by atoms with Crippen molar-refractivity contribution in [2.24, 2.45) is 5.10 Å². The van der Waals surface area contributed by atoms with Gasteiger partial charge in [-0.2, -0.15) is 18.3 Å². The van der Waals surface area contributed by atoms with Gasteiger partial charge in [-0.3, -0.25) is 4.79 Å². The number of nitrogens with zero attached hydrogens (tertiary/aromatic N) is 1. The van der Waals surface area contributed by atoms with Gasteiger partial charge in [0.15, 0.2) is 6.61 Å². The molecular weight excluding hydrogens is 333 g/mol. The number of carbonyl (C=O) groups excluding carboxylic acids is 1. The van der Waals surface area contributed by atoms with Crippen molar-refractivity contribution in [1.29, 1.82) is 0 Å². The minimum Gasteiger partial charge on any atom is -0.483 e. The first kappa shape index (κ1) is 18.5. The van der Waals surface area contributed by atoms with Crippen LogP contribution in [0.25, 0.3) is 0 Å². The summed E-state index contributed by atoms with van der Waals surface area (Å²) in [6.07, 6.45) is -3.28. The molecule has 0 unspecified atom stereocenters. The molecule has 1 N–H and O–H groups in total. The van der Waals surface area contributed by atoms with Crippen molar-refractivity contribution in [3.8, 4) is 5.75 Å². The molecule has 0 radical (unpaired) electrons. The molecular formula is C18H17F3N2O2. The summed E-state index contributed by atoms with van der Waals surface area (Å²) in [5.74, 6) is 0.0844. The molecule has 0 aliphatic carbocycles. The van der Waals surface area contributed by atoms with Gasteiger partial charge in [0.05, 0.1) is 11.8 Å². The molecule has 0 heterocycles. The van der Waals surface area contributed by atoms with E-state index < -0.39 is 17.6 Å². The summed E-state index contributed by atoms with van der Waals surface area (Å²) in [4.78, 5) is 11.7. The third-order valence-electron chi connectivity index (χ3n) is 3.32. The van der Waals surface area contributed by atoms with Crippen LogP contribution in [0.3, 0.4) is 0 Å². The standard InChI is InChI=1S/C18H17F3N2O2/c1-12-6-7-13(2)16(8-12)25-11-17(24)23-22-10-14-4-3-5-15(9-14)18(19,20)21/h3-10H,11H2,1-2H3,(H,23,24)/b22-10-. The number of amides is 1. The number of hydrogen-bond acceptors (Lipinski definition) is 3. The van der Waals surface area contributed by atoms with Gasteiger partial charge in [-0.15, -0.1) is 0 Å². The predicted octanol–water partition coefficient (Wildman–Crippen LogP) is 3.85. The number of hydrazone groups is 1. The van der Waals surface area contributed by atoms with Crippen LogP contribution < -0.4 is 10.2 Å². The van der Waals surface area contributed by atoms with Gasteiger partial charge in [0, 0.05) is 0 Å². The Morgan fingerprint density at radius 3 is 2.68 bits per heavy atom. The molecule has 2 rings (SSSR count). The fourth-order valence-electron chi connectivity index (χ4n) is 2.01. The highest BCUT2D eigenvalue weighted by Crippen LogP contribution is 2.29. The average Bonchev–Trinajstić information content (AvgIpc) is 2.55. The van der Waals surface area contributed by atoms with Crippen LogP contribution in [0.15, 0.2) is 47.6 Å². The molecule has 2 aromatic rings. The number of halogens is 3. The van der Waals surface area contributed by atoms with Crippen LogP contribution >= 0.6 is 0 Å². The lowest BCUT2D eigenvalue weighted by Crippen LogP contribution is -2.24. The molecule has 1 amide bonds. The zero-order valence-corrected chi connectivity index (χ0v) is 13.7. The summed E-state index contributed by atoms with van der Waals surface area (Å²) in [7, 11) is 0. The van der Waals surface area contributed by atoms with Gasteiger partial charge in [0.25, 0.3) is 5.91 Å². The second-order valence-electron chi connectivity index (χ2n) is 5.47. The molecule has 0 aliphatic heterocycles. The molecule has 0 fully saturated rings. The molecule has 132 valence electrons. The van der Waals surface area contributed by atoms with Gasteiger partial charge in [0.1, 0.15) is 5.75 Å². The fraction of sp³-hybridized carbons (Fsp3) is 0.222. The highest BCUT2D eigenvalue weighted by molar-refractivity contribution is 5.83. The Balaban J connectivity index is 1.89. The zero-order chi connectivity index (χ0) is 18.4. The van der Waals surface area contributed by atoms with Crippen molar-refractivity contribution >= 4 is 12.1 Å². The van der Waals surface area contributed by atoms with Gasteiger partial charge in [0.2, 0.25) is 0 Å². The first-order chi connectivity index (χ1) is 11.8. The molecule has 2 aromatic carbocycles. The van der Waals surface area contributed by atoms with Crippen molar-refractivity contribution in [2.45, 2.75) is 20.0 Å². The van der Waals surface area contributed by atoms with Crippen molar-refractivity contribution in [2.75, 3.05) is 6.61 Å². The van der Waals surface area contributed by atoms with Crippen LogP contribution in [0.4, 0.5) is 13.2 Å².